The number of rotatable bonds is 0. The van der Waals surface area contributed by atoms with Crippen LogP contribution in [0.15, 0.2) is 60.7 Å². The van der Waals surface area contributed by atoms with Crippen molar-refractivity contribution in [2.45, 2.75) is 12.8 Å². The summed E-state index contributed by atoms with van der Waals surface area (Å²) in [6, 6.07) is 18.1. The number of hydrogen-bond acceptors (Lipinski definition) is 2. The summed E-state index contributed by atoms with van der Waals surface area (Å²) in [6.45, 7) is 0. The fraction of sp³-hybridized carbons (Fsp3) is 0.0800. The van der Waals surface area contributed by atoms with Crippen LogP contribution >= 0.6 is 0 Å². The Morgan fingerprint density at radius 1 is 1.00 bits per heavy atom. The van der Waals surface area contributed by atoms with E-state index >= 15 is 0 Å². The molecule has 4 rings (SSSR count). The van der Waals surface area contributed by atoms with Crippen LogP contribution in [0.2, 0.25) is 0 Å². The minimum absolute atomic E-state index is 1.01. The third kappa shape index (κ3) is 10.8. The Bertz CT molecular complexity index is 898. The quantitative estimate of drug-likeness (QED) is 0.323. The van der Waals surface area contributed by atoms with Crippen molar-refractivity contribution < 1.29 is 39.8 Å². The second kappa shape index (κ2) is 16.5. The maximum Gasteiger partial charge on any atom is -0.0253 e. The van der Waals surface area contributed by atoms with E-state index in [9.17, 15) is 0 Å². The fourth-order valence-corrected chi connectivity index (χ4v) is 2.34. The number of carboxylic acids is 2. The molecule has 0 unspecified atom stereocenters. The Balaban J connectivity index is 0.000000417. The van der Waals surface area contributed by atoms with Gasteiger partial charge in [-0.05, 0) is 6.42 Å². The van der Waals surface area contributed by atoms with Crippen LogP contribution in [0.3, 0.4) is 0 Å². The predicted molar refractivity (Wildman–Crippen MR) is 115 cm³/mol. The average molecular weight is 432 g/mol. The van der Waals surface area contributed by atoms with Crippen molar-refractivity contribution in [1.29, 1.82) is 0 Å². The summed E-state index contributed by atoms with van der Waals surface area (Å²) in [5.41, 5.74) is 5.51. The molecule has 0 radical (unpaired) electrons. The maximum absolute atomic E-state index is 9.13. The summed E-state index contributed by atoms with van der Waals surface area (Å²) in [5, 5.41) is 15.0. The van der Waals surface area contributed by atoms with Gasteiger partial charge in [-0.2, -0.15) is 35.9 Å². The minimum Gasteiger partial charge on any atom is -0.179 e. The van der Waals surface area contributed by atoms with Crippen molar-refractivity contribution in [2.24, 2.45) is 0 Å². The topological polar surface area (TPSA) is 74.6 Å². The van der Waals surface area contributed by atoms with Crippen LogP contribution in [0.25, 0.3) is 11.1 Å². The number of terminal acetylenes is 2. The zero-order valence-electron chi connectivity index (χ0n) is 16.3. The zero-order valence-corrected chi connectivity index (χ0v) is 17.8. The van der Waals surface area contributed by atoms with E-state index in [-0.39, 0.29) is 0 Å². The standard InChI is InChI=1S/C13H9.C5H5.2C3H2O2.CH2.Ti/c1-3-7-12-10(5-1)9-11-6-2-4-8-13(11)12;1-2-4-5-3-1;2*1-2-3(4)5;;/h1-5,7-8H,9H2;1-3H,4H2;2*1H,(H,4,5);1H2;/q2*-1;;;;+2. The molecule has 0 saturated carbocycles. The molecule has 0 spiro atoms. The number of allylic oxidation sites excluding steroid dienone is 4. The Morgan fingerprint density at radius 2 is 1.57 bits per heavy atom. The van der Waals surface area contributed by atoms with Crippen molar-refractivity contribution in [3.05, 3.63) is 84.0 Å². The molecule has 0 aromatic heterocycles. The van der Waals surface area contributed by atoms with Crippen LogP contribution in [0.4, 0.5) is 0 Å². The van der Waals surface area contributed by atoms with E-state index in [1.165, 1.54) is 34.1 Å². The average Bonchev–Trinajstić information content (AvgIpc) is 3.47. The van der Waals surface area contributed by atoms with Crippen molar-refractivity contribution in [3.8, 4) is 35.8 Å². The van der Waals surface area contributed by atoms with Gasteiger partial charge in [-0.3, -0.25) is 6.08 Å². The second-order valence-corrected chi connectivity index (χ2v) is 5.30. The molecule has 4 nitrogen and oxygen atoms in total. The zero-order chi connectivity index (χ0) is 22.8. The number of carboxylic acid groups (broad SMARTS) is 2. The summed E-state index contributed by atoms with van der Waals surface area (Å²) in [6.07, 6.45) is 19.7. The maximum atomic E-state index is 9.13. The van der Waals surface area contributed by atoms with Crippen molar-refractivity contribution in [2.75, 3.05) is 0 Å². The number of benzene rings is 2. The molecule has 0 heterocycles. The summed E-state index contributed by atoms with van der Waals surface area (Å²) >= 11 is 1.75. The van der Waals surface area contributed by atoms with Crippen LogP contribution in [0.5, 0.6) is 0 Å². The van der Waals surface area contributed by atoms with Gasteiger partial charge in [0.1, 0.15) is 0 Å². The van der Waals surface area contributed by atoms with Gasteiger partial charge in [0.25, 0.3) is 0 Å². The molecule has 30 heavy (non-hydrogen) atoms. The third-order valence-electron chi connectivity index (χ3n) is 3.45. The van der Waals surface area contributed by atoms with Gasteiger partial charge in [-0.15, -0.1) is 24.8 Å². The van der Waals surface area contributed by atoms with Gasteiger partial charge in [0.15, 0.2) is 0 Å². The number of aliphatic carboxylic acids is 2. The molecule has 2 aliphatic carbocycles. The first-order valence-corrected chi connectivity index (χ1v) is 9.64. The van der Waals surface area contributed by atoms with Gasteiger partial charge in [0.2, 0.25) is 0 Å². The first-order chi connectivity index (χ1) is 14.5. The summed E-state index contributed by atoms with van der Waals surface area (Å²) < 4.78 is 0. The van der Waals surface area contributed by atoms with Crippen molar-refractivity contribution in [3.63, 3.8) is 0 Å². The summed E-state index contributed by atoms with van der Waals surface area (Å²) in [7, 11) is 0. The first-order valence-electron chi connectivity index (χ1n) is 8.53. The predicted octanol–water partition coefficient (Wildman–Crippen LogP) is 3.74. The van der Waals surface area contributed by atoms with E-state index in [2.05, 4.69) is 72.3 Å². The molecule has 0 aliphatic heterocycles. The molecule has 0 saturated heterocycles. The molecular weight excluding hydrogens is 412 g/mol. The fourth-order valence-electron chi connectivity index (χ4n) is 2.34. The van der Waals surface area contributed by atoms with E-state index in [1.54, 1.807) is 20.0 Å². The van der Waals surface area contributed by atoms with Crippen molar-refractivity contribution in [1.82, 2.24) is 0 Å². The van der Waals surface area contributed by atoms with Gasteiger partial charge < -0.3 is 10.2 Å². The number of hydrogen-bond donors (Lipinski definition) is 2. The van der Waals surface area contributed by atoms with Gasteiger partial charge in [-0.25, -0.2) is 21.7 Å². The molecule has 0 atom stereocenters. The first kappa shape index (κ1) is 26.6. The molecule has 2 N–H and O–H groups in total. The molecule has 0 fully saturated rings. The molecule has 0 bridgehead atoms. The van der Waals surface area contributed by atoms with Crippen LogP contribution < -0.4 is 0 Å². The van der Waals surface area contributed by atoms with Gasteiger partial charge in [0, 0.05) is 11.8 Å². The second-order valence-electron chi connectivity index (χ2n) is 5.30. The van der Waals surface area contributed by atoms with Crippen LogP contribution in [-0.2, 0) is 36.0 Å². The molecule has 2 aromatic rings. The minimum atomic E-state index is -1.22. The molecule has 0 amide bonds. The van der Waals surface area contributed by atoms with E-state index in [0.717, 1.165) is 12.8 Å². The smallest absolute Gasteiger partial charge is 0.0253 e. The van der Waals surface area contributed by atoms with Crippen LogP contribution in [-0.4, -0.2) is 27.0 Å². The number of fused-ring (bicyclic) bond motifs is 3. The van der Waals surface area contributed by atoms with E-state index in [4.69, 9.17) is 19.8 Å². The monoisotopic (exact) mass is 432 g/mol. The third-order valence-corrected chi connectivity index (χ3v) is 3.45. The Labute approximate surface area is 188 Å². The molecule has 148 valence electrons. The Morgan fingerprint density at radius 3 is 2.03 bits per heavy atom. The van der Waals surface area contributed by atoms with Crippen LogP contribution in [0.1, 0.15) is 17.5 Å². The SMILES string of the molecule is C#CC(=O)O.C#CC(=O)O.[C-]1=CC=CC1.[CH2]=[Ti+2].[c-]1cccc2c1Cc1ccccc1-2. The van der Waals surface area contributed by atoms with Gasteiger partial charge in [0.05, 0.1) is 0 Å². The van der Waals surface area contributed by atoms with Crippen LogP contribution in [0, 0.1) is 36.8 Å². The summed E-state index contributed by atoms with van der Waals surface area (Å²) in [4.78, 5) is 21.5. The largest absolute Gasteiger partial charge is 0.179 e. The molecule has 2 aromatic carbocycles. The molecule has 2 aliphatic rings. The normalized spacial score (nSPS) is 10.3. The van der Waals surface area contributed by atoms with Gasteiger partial charge >= 0.3 is 36.7 Å². The number of carbonyl (C=O) groups is 2. The summed E-state index contributed by atoms with van der Waals surface area (Å²) in [5.74, 6) is 0.454. The van der Waals surface area contributed by atoms with E-state index in [0.29, 0.717) is 0 Å². The van der Waals surface area contributed by atoms with Gasteiger partial charge in [-0.1, -0.05) is 35.4 Å². The van der Waals surface area contributed by atoms with Crippen molar-refractivity contribution >= 4 is 16.8 Å². The molecular formula is C25H20O4Ti. The van der Waals surface area contributed by atoms with E-state index < -0.39 is 11.9 Å². The Kier molecular flexibility index (Phi) is 14.6. The van der Waals surface area contributed by atoms with E-state index in [1.807, 2.05) is 18.2 Å². The molecule has 5 heteroatoms. The Hall–Kier alpha value is -3.44.